The predicted molar refractivity (Wildman–Crippen MR) is 80.3 cm³/mol. The van der Waals surface area contributed by atoms with Gasteiger partial charge in [-0.3, -0.25) is 4.79 Å². The van der Waals surface area contributed by atoms with Crippen LogP contribution >= 0.6 is 34.5 Å². The van der Waals surface area contributed by atoms with E-state index in [2.05, 4.69) is 10.3 Å². The fourth-order valence-corrected chi connectivity index (χ4v) is 2.51. The van der Waals surface area contributed by atoms with Crippen LogP contribution in [0.15, 0.2) is 23.6 Å². The van der Waals surface area contributed by atoms with Gasteiger partial charge in [-0.2, -0.15) is 0 Å². The first-order valence-corrected chi connectivity index (χ1v) is 7.34. The van der Waals surface area contributed by atoms with Crippen LogP contribution in [-0.2, 0) is 11.2 Å². The van der Waals surface area contributed by atoms with E-state index in [1.807, 2.05) is 12.3 Å². The van der Waals surface area contributed by atoms with Gasteiger partial charge in [0.05, 0.1) is 20.7 Å². The molecule has 1 aromatic carbocycles. The number of nitrogens with zero attached hydrogens (tertiary/aromatic N) is 1. The Morgan fingerprint density at radius 3 is 2.79 bits per heavy atom. The highest BCUT2D eigenvalue weighted by Gasteiger charge is 2.06. The lowest BCUT2D eigenvalue weighted by molar-refractivity contribution is -0.116. The number of nitrogens with one attached hydrogen (secondary N) is 1. The fourth-order valence-electron chi connectivity index (χ4n) is 1.56. The second-order valence-electron chi connectivity index (χ2n) is 4.03. The Morgan fingerprint density at radius 2 is 2.16 bits per heavy atom. The van der Waals surface area contributed by atoms with Crippen LogP contribution < -0.4 is 5.32 Å². The maximum Gasteiger partial charge on any atom is 0.224 e. The van der Waals surface area contributed by atoms with Crippen LogP contribution in [-0.4, -0.2) is 10.9 Å². The number of carbonyl (C=O) groups is 1. The smallest absolute Gasteiger partial charge is 0.224 e. The number of hydrogen-bond acceptors (Lipinski definition) is 3. The third-order valence-electron chi connectivity index (χ3n) is 2.48. The van der Waals surface area contributed by atoms with Gasteiger partial charge in [-0.15, -0.1) is 11.3 Å². The highest BCUT2D eigenvalue weighted by molar-refractivity contribution is 7.09. The van der Waals surface area contributed by atoms with E-state index >= 15 is 0 Å². The van der Waals surface area contributed by atoms with Gasteiger partial charge in [0.1, 0.15) is 0 Å². The standard InChI is InChI=1S/C13H12Cl2N2OS/c1-8-16-10(7-19-8)3-5-13(18)17-9-2-4-11(14)12(15)6-9/h2,4,6-7H,3,5H2,1H3,(H,17,18). The highest BCUT2D eigenvalue weighted by Crippen LogP contribution is 2.25. The monoisotopic (exact) mass is 314 g/mol. The van der Waals surface area contributed by atoms with E-state index < -0.39 is 0 Å². The first-order chi connectivity index (χ1) is 9.04. The summed E-state index contributed by atoms with van der Waals surface area (Å²) in [7, 11) is 0. The molecule has 0 saturated heterocycles. The van der Waals surface area contributed by atoms with E-state index in [-0.39, 0.29) is 5.91 Å². The summed E-state index contributed by atoms with van der Waals surface area (Å²) in [5, 5.41) is 6.66. The molecule has 0 fully saturated rings. The quantitative estimate of drug-likeness (QED) is 0.912. The summed E-state index contributed by atoms with van der Waals surface area (Å²) in [5.74, 6) is -0.0657. The van der Waals surface area contributed by atoms with Gasteiger partial charge < -0.3 is 5.32 Å². The number of benzene rings is 1. The number of aryl methyl sites for hydroxylation is 2. The van der Waals surface area contributed by atoms with Crippen molar-refractivity contribution in [3.05, 3.63) is 44.3 Å². The van der Waals surface area contributed by atoms with Gasteiger partial charge in [0.2, 0.25) is 5.91 Å². The molecule has 0 saturated carbocycles. The molecule has 2 aromatic rings. The van der Waals surface area contributed by atoms with Crippen LogP contribution in [0, 0.1) is 6.92 Å². The Morgan fingerprint density at radius 1 is 1.37 bits per heavy atom. The molecule has 0 aliphatic carbocycles. The number of thiazole rings is 1. The fraction of sp³-hybridized carbons (Fsp3) is 0.231. The van der Waals surface area contributed by atoms with Crippen LogP contribution in [0.2, 0.25) is 10.0 Å². The first kappa shape index (κ1) is 14.3. The Labute approximate surface area is 125 Å². The zero-order valence-corrected chi connectivity index (χ0v) is 12.6. The van der Waals surface area contributed by atoms with Gasteiger partial charge in [0.25, 0.3) is 0 Å². The number of hydrogen-bond donors (Lipinski definition) is 1. The van der Waals surface area contributed by atoms with E-state index in [1.165, 1.54) is 0 Å². The molecule has 0 bridgehead atoms. The van der Waals surface area contributed by atoms with E-state index in [0.29, 0.717) is 28.6 Å². The van der Waals surface area contributed by atoms with Crippen molar-refractivity contribution in [3.8, 4) is 0 Å². The topological polar surface area (TPSA) is 42.0 Å². The van der Waals surface area contributed by atoms with Crippen molar-refractivity contribution >= 4 is 46.1 Å². The molecule has 1 aromatic heterocycles. The van der Waals surface area contributed by atoms with Crippen LogP contribution in [0.4, 0.5) is 5.69 Å². The Kier molecular flexibility index (Phi) is 4.80. The second-order valence-corrected chi connectivity index (χ2v) is 5.91. The van der Waals surface area contributed by atoms with Gasteiger partial charge in [-0.1, -0.05) is 23.2 Å². The summed E-state index contributed by atoms with van der Waals surface area (Å²) < 4.78 is 0. The number of rotatable bonds is 4. The molecule has 0 atom stereocenters. The van der Waals surface area contributed by atoms with Gasteiger partial charge in [-0.05, 0) is 31.5 Å². The largest absolute Gasteiger partial charge is 0.326 e. The van der Waals surface area contributed by atoms with E-state index in [1.54, 1.807) is 29.5 Å². The summed E-state index contributed by atoms with van der Waals surface area (Å²) >= 11 is 13.3. The van der Waals surface area contributed by atoms with Crippen LogP contribution in [0.1, 0.15) is 17.1 Å². The molecule has 100 valence electrons. The minimum atomic E-state index is -0.0657. The number of anilines is 1. The van der Waals surface area contributed by atoms with Gasteiger partial charge in [0, 0.05) is 17.5 Å². The molecule has 0 aliphatic rings. The molecule has 2 rings (SSSR count). The average Bonchev–Trinajstić information content (AvgIpc) is 2.77. The van der Waals surface area contributed by atoms with E-state index in [9.17, 15) is 4.79 Å². The molecule has 1 N–H and O–H groups in total. The van der Waals surface area contributed by atoms with Crippen molar-refractivity contribution in [3.63, 3.8) is 0 Å². The molecule has 3 nitrogen and oxygen atoms in total. The molecule has 0 unspecified atom stereocenters. The molecule has 0 radical (unpaired) electrons. The summed E-state index contributed by atoms with van der Waals surface area (Å²) in [6.45, 7) is 1.95. The Bertz CT molecular complexity index is 598. The van der Waals surface area contributed by atoms with Crippen LogP contribution in [0.3, 0.4) is 0 Å². The van der Waals surface area contributed by atoms with E-state index in [4.69, 9.17) is 23.2 Å². The second kappa shape index (κ2) is 6.37. The predicted octanol–water partition coefficient (Wildman–Crippen LogP) is 4.33. The average molecular weight is 315 g/mol. The van der Waals surface area contributed by atoms with Crippen molar-refractivity contribution in [2.24, 2.45) is 0 Å². The molecule has 6 heteroatoms. The van der Waals surface area contributed by atoms with Crippen molar-refractivity contribution < 1.29 is 4.79 Å². The Balaban J connectivity index is 1.88. The van der Waals surface area contributed by atoms with Crippen LogP contribution in [0.5, 0.6) is 0 Å². The molecule has 19 heavy (non-hydrogen) atoms. The molecular weight excluding hydrogens is 303 g/mol. The molecule has 1 heterocycles. The highest BCUT2D eigenvalue weighted by atomic mass is 35.5. The van der Waals surface area contributed by atoms with Gasteiger partial charge in [-0.25, -0.2) is 4.98 Å². The molecule has 0 spiro atoms. The Hall–Kier alpha value is -1.10. The number of amides is 1. The zero-order valence-electron chi connectivity index (χ0n) is 10.2. The van der Waals surface area contributed by atoms with Crippen LogP contribution in [0.25, 0.3) is 0 Å². The third kappa shape index (κ3) is 4.20. The minimum Gasteiger partial charge on any atom is -0.326 e. The SMILES string of the molecule is Cc1nc(CCC(=O)Nc2ccc(Cl)c(Cl)c2)cs1. The minimum absolute atomic E-state index is 0.0657. The van der Waals surface area contributed by atoms with E-state index in [0.717, 1.165) is 10.7 Å². The van der Waals surface area contributed by atoms with Crippen molar-refractivity contribution in [1.29, 1.82) is 0 Å². The van der Waals surface area contributed by atoms with Crippen molar-refractivity contribution in [1.82, 2.24) is 4.98 Å². The molecular formula is C13H12Cl2N2OS. The van der Waals surface area contributed by atoms with Crippen molar-refractivity contribution in [2.75, 3.05) is 5.32 Å². The normalized spacial score (nSPS) is 10.5. The number of aromatic nitrogens is 1. The maximum atomic E-state index is 11.8. The molecule has 1 amide bonds. The number of carbonyl (C=O) groups excluding carboxylic acids is 1. The lowest BCUT2D eigenvalue weighted by atomic mass is 10.2. The van der Waals surface area contributed by atoms with Gasteiger partial charge >= 0.3 is 0 Å². The maximum absolute atomic E-state index is 11.8. The first-order valence-electron chi connectivity index (χ1n) is 5.70. The number of halogens is 2. The summed E-state index contributed by atoms with van der Waals surface area (Å²) in [6, 6.07) is 5.01. The third-order valence-corrected chi connectivity index (χ3v) is 4.04. The lowest BCUT2D eigenvalue weighted by Crippen LogP contribution is -2.12. The van der Waals surface area contributed by atoms with Crippen molar-refractivity contribution in [2.45, 2.75) is 19.8 Å². The zero-order chi connectivity index (χ0) is 13.8. The lowest BCUT2D eigenvalue weighted by Gasteiger charge is -2.05. The summed E-state index contributed by atoms with van der Waals surface area (Å²) in [4.78, 5) is 16.1. The summed E-state index contributed by atoms with van der Waals surface area (Å²) in [6.07, 6.45) is 1.03. The molecule has 0 aliphatic heterocycles. The van der Waals surface area contributed by atoms with Gasteiger partial charge in [0.15, 0.2) is 0 Å². The summed E-state index contributed by atoms with van der Waals surface area (Å²) in [5.41, 5.74) is 1.60.